The van der Waals surface area contributed by atoms with E-state index in [4.69, 9.17) is 5.11 Å². The molecule has 0 aliphatic carbocycles. The van der Waals surface area contributed by atoms with E-state index in [2.05, 4.69) is 0 Å². The first-order valence-corrected chi connectivity index (χ1v) is 5.67. The highest BCUT2D eigenvalue weighted by Gasteiger charge is 2.12. The summed E-state index contributed by atoms with van der Waals surface area (Å²) in [4.78, 5) is 22.8. The lowest BCUT2D eigenvalue weighted by Gasteiger charge is -2.11. The van der Waals surface area contributed by atoms with Crippen LogP contribution in [0.2, 0.25) is 0 Å². The standard InChI is InChI=1S/C14H12FNO3/c1-9-3-2-4-13(17)16(9)8-10-5-6-11(15)7-12(10)14(18)19/h2-7H,8H2,1H3,(H,18,19). The molecule has 0 atom stereocenters. The molecule has 0 aliphatic heterocycles. The van der Waals surface area contributed by atoms with Gasteiger partial charge in [-0.25, -0.2) is 9.18 Å². The van der Waals surface area contributed by atoms with Crippen LogP contribution in [0.15, 0.2) is 41.2 Å². The van der Waals surface area contributed by atoms with Crippen LogP contribution in [0, 0.1) is 12.7 Å². The Morgan fingerprint density at radius 1 is 1.32 bits per heavy atom. The van der Waals surface area contributed by atoms with Gasteiger partial charge in [-0.1, -0.05) is 12.1 Å². The molecular formula is C14H12FNO3. The first kappa shape index (κ1) is 13.0. The van der Waals surface area contributed by atoms with Crippen LogP contribution in [0.1, 0.15) is 21.6 Å². The minimum atomic E-state index is -1.21. The number of pyridine rings is 1. The quantitative estimate of drug-likeness (QED) is 0.919. The summed E-state index contributed by atoms with van der Waals surface area (Å²) in [5.41, 5.74) is 0.759. The third kappa shape index (κ3) is 2.70. The molecule has 0 bridgehead atoms. The molecule has 5 heteroatoms. The van der Waals surface area contributed by atoms with E-state index in [0.717, 1.165) is 6.07 Å². The first-order chi connectivity index (χ1) is 8.99. The van der Waals surface area contributed by atoms with Crippen molar-refractivity contribution in [3.05, 3.63) is 69.4 Å². The number of carboxylic acid groups (broad SMARTS) is 1. The predicted octanol–water partition coefficient (Wildman–Crippen LogP) is 2.04. The highest BCUT2D eigenvalue weighted by atomic mass is 19.1. The van der Waals surface area contributed by atoms with E-state index < -0.39 is 11.8 Å². The highest BCUT2D eigenvalue weighted by molar-refractivity contribution is 5.89. The fourth-order valence-electron chi connectivity index (χ4n) is 1.88. The summed E-state index contributed by atoms with van der Waals surface area (Å²) in [6.07, 6.45) is 0. The average Bonchev–Trinajstić information content (AvgIpc) is 2.35. The lowest BCUT2D eigenvalue weighted by Crippen LogP contribution is -2.22. The summed E-state index contributed by atoms with van der Waals surface area (Å²) >= 11 is 0. The van der Waals surface area contributed by atoms with E-state index in [1.54, 1.807) is 19.1 Å². The SMILES string of the molecule is Cc1cccc(=O)n1Cc1ccc(F)cc1C(=O)O. The van der Waals surface area contributed by atoms with Crippen LogP contribution in [-0.4, -0.2) is 15.6 Å². The number of benzene rings is 1. The largest absolute Gasteiger partial charge is 0.478 e. The number of rotatable bonds is 3. The van der Waals surface area contributed by atoms with Gasteiger partial charge in [-0.15, -0.1) is 0 Å². The number of aromatic carboxylic acids is 1. The van der Waals surface area contributed by atoms with Gasteiger partial charge in [0.05, 0.1) is 12.1 Å². The zero-order chi connectivity index (χ0) is 14.0. The molecule has 0 amide bonds. The Hall–Kier alpha value is -2.43. The van der Waals surface area contributed by atoms with Crippen molar-refractivity contribution < 1.29 is 14.3 Å². The van der Waals surface area contributed by atoms with Gasteiger partial charge in [0.2, 0.25) is 0 Å². The number of carboxylic acids is 1. The van der Waals surface area contributed by atoms with Crippen LogP contribution < -0.4 is 5.56 Å². The van der Waals surface area contributed by atoms with Gasteiger partial charge < -0.3 is 9.67 Å². The molecule has 0 saturated carbocycles. The van der Waals surface area contributed by atoms with Gasteiger partial charge in [-0.05, 0) is 30.7 Å². The van der Waals surface area contributed by atoms with Crippen molar-refractivity contribution in [2.75, 3.05) is 0 Å². The highest BCUT2D eigenvalue weighted by Crippen LogP contribution is 2.13. The molecule has 98 valence electrons. The monoisotopic (exact) mass is 261 g/mol. The van der Waals surface area contributed by atoms with Crippen LogP contribution in [0.3, 0.4) is 0 Å². The number of halogens is 1. The Bertz CT molecular complexity index is 691. The molecule has 0 spiro atoms. The Labute approximate surface area is 108 Å². The van der Waals surface area contributed by atoms with E-state index in [9.17, 15) is 14.0 Å². The molecule has 0 fully saturated rings. The Kier molecular flexibility index (Phi) is 3.46. The summed E-state index contributed by atoms with van der Waals surface area (Å²) in [7, 11) is 0. The molecule has 2 rings (SSSR count). The molecule has 0 radical (unpaired) electrons. The van der Waals surface area contributed by atoms with Crippen molar-refractivity contribution in [3.63, 3.8) is 0 Å². The van der Waals surface area contributed by atoms with Gasteiger partial charge in [-0.2, -0.15) is 0 Å². The Morgan fingerprint density at radius 3 is 2.68 bits per heavy atom. The van der Waals surface area contributed by atoms with Crippen LogP contribution in [0.5, 0.6) is 0 Å². The maximum absolute atomic E-state index is 13.1. The second kappa shape index (κ2) is 5.06. The first-order valence-electron chi connectivity index (χ1n) is 5.67. The average molecular weight is 261 g/mol. The lowest BCUT2D eigenvalue weighted by atomic mass is 10.1. The molecule has 0 aliphatic rings. The van der Waals surface area contributed by atoms with E-state index in [1.807, 2.05) is 0 Å². The molecular weight excluding hydrogens is 249 g/mol. The summed E-state index contributed by atoms with van der Waals surface area (Å²) < 4.78 is 14.5. The number of carbonyl (C=O) groups is 1. The molecule has 4 nitrogen and oxygen atoms in total. The number of hydrogen-bond donors (Lipinski definition) is 1. The molecule has 1 N–H and O–H groups in total. The van der Waals surface area contributed by atoms with E-state index in [1.165, 1.54) is 22.8 Å². The summed E-state index contributed by atoms with van der Waals surface area (Å²) in [5.74, 6) is -1.82. The summed E-state index contributed by atoms with van der Waals surface area (Å²) in [6, 6.07) is 8.32. The molecule has 2 aromatic rings. The minimum Gasteiger partial charge on any atom is -0.478 e. The molecule has 0 saturated heterocycles. The summed E-state index contributed by atoms with van der Waals surface area (Å²) in [5, 5.41) is 9.05. The third-order valence-electron chi connectivity index (χ3n) is 2.90. The van der Waals surface area contributed by atoms with Crippen LogP contribution in [0.4, 0.5) is 4.39 Å². The third-order valence-corrected chi connectivity index (χ3v) is 2.90. The number of aromatic nitrogens is 1. The smallest absolute Gasteiger partial charge is 0.336 e. The van der Waals surface area contributed by atoms with Gasteiger partial charge in [0.1, 0.15) is 5.82 Å². The fourth-order valence-corrected chi connectivity index (χ4v) is 1.88. The van der Waals surface area contributed by atoms with Gasteiger partial charge >= 0.3 is 5.97 Å². The molecule has 19 heavy (non-hydrogen) atoms. The van der Waals surface area contributed by atoms with Crippen molar-refractivity contribution in [1.82, 2.24) is 4.57 Å². The number of nitrogens with zero attached hydrogens (tertiary/aromatic N) is 1. The van der Waals surface area contributed by atoms with Crippen LogP contribution >= 0.6 is 0 Å². The molecule has 0 unspecified atom stereocenters. The second-order valence-corrected chi connectivity index (χ2v) is 4.20. The zero-order valence-electron chi connectivity index (χ0n) is 10.3. The van der Waals surface area contributed by atoms with Crippen LogP contribution in [0.25, 0.3) is 0 Å². The normalized spacial score (nSPS) is 10.4. The predicted molar refractivity (Wildman–Crippen MR) is 67.9 cm³/mol. The molecule has 1 aromatic heterocycles. The van der Waals surface area contributed by atoms with Crippen molar-refractivity contribution in [2.45, 2.75) is 13.5 Å². The molecule has 1 aromatic carbocycles. The van der Waals surface area contributed by atoms with Crippen molar-refractivity contribution >= 4 is 5.97 Å². The van der Waals surface area contributed by atoms with Crippen molar-refractivity contribution in [2.24, 2.45) is 0 Å². The summed E-state index contributed by atoms with van der Waals surface area (Å²) in [6.45, 7) is 1.86. The minimum absolute atomic E-state index is 0.105. The second-order valence-electron chi connectivity index (χ2n) is 4.20. The van der Waals surface area contributed by atoms with Gasteiger partial charge in [0.15, 0.2) is 0 Å². The van der Waals surface area contributed by atoms with Crippen molar-refractivity contribution in [1.29, 1.82) is 0 Å². The van der Waals surface area contributed by atoms with Gasteiger partial charge in [0.25, 0.3) is 5.56 Å². The lowest BCUT2D eigenvalue weighted by molar-refractivity contribution is 0.0695. The topological polar surface area (TPSA) is 59.3 Å². The van der Waals surface area contributed by atoms with E-state index >= 15 is 0 Å². The van der Waals surface area contributed by atoms with Gasteiger partial charge in [0, 0.05) is 11.8 Å². The zero-order valence-corrected chi connectivity index (χ0v) is 10.3. The van der Waals surface area contributed by atoms with E-state index in [-0.39, 0.29) is 17.7 Å². The fraction of sp³-hybridized carbons (Fsp3) is 0.143. The number of aryl methyl sites for hydroxylation is 1. The van der Waals surface area contributed by atoms with E-state index in [0.29, 0.717) is 11.3 Å². The maximum atomic E-state index is 13.1. The van der Waals surface area contributed by atoms with Crippen LogP contribution in [-0.2, 0) is 6.54 Å². The van der Waals surface area contributed by atoms with Gasteiger partial charge in [-0.3, -0.25) is 4.79 Å². The van der Waals surface area contributed by atoms with Crippen molar-refractivity contribution in [3.8, 4) is 0 Å². The maximum Gasteiger partial charge on any atom is 0.336 e. The number of hydrogen-bond acceptors (Lipinski definition) is 2. The Morgan fingerprint density at radius 2 is 2.05 bits per heavy atom. The Balaban J connectivity index is 2.50. The molecule has 1 heterocycles.